The lowest BCUT2D eigenvalue weighted by atomic mass is 10.2. The molecule has 1 atom stereocenters. The topological polar surface area (TPSA) is 104 Å². The Labute approximate surface area is 116 Å². The average molecular weight is 289 g/mol. The summed E-state index contributed by atoms with van der Waals surface area (Å²) < 4.78 is 0. The number of thioether (sulfide) groups is 1. The van der Waals surface area contributed by atoms with Crippen LogP contribution in [0.2, 0.25) is 0 Å². The van der Waals surface area contributed by atoms with E-state index in [-0.39, 0.29) is 25.0 Å². The summed E-state index contributed by atoms with van der Waals surface area (Å²) in [5.41, 5.74) is 5.10. The molecule has 0 bridgehead atoms. The number of aliphatic carboxylic acids is 1. The summed E-state index contributed by atoms with van der Waals surface area (Å²) in [6.07, 6.45) is -0.0765. The molecule has 0 aromatic rings. The number of amides is 3. The maximum Gasteiger partial charge on any atom is 0.320 e. The van der Waals surface area contributed by atoms with Gasteiger partial charge in [-0.1, -0.05) is 0 Å². The molecule has 1 saturated heterocycles. The predicted molar refractivity (Wildman–Crippen MR) is 71.9 cm³/mol. The first-order chi connectivity index (χ1) is 8.95. The number of carboxylic acids is 1. The van der Waals surface area contributed by atoms with E-state index in [9.17, 15) is 14.4 Å². The first kappa shape index (κ1) is 15.6. The number of likely N-dealkylation sites (N-methyl/N-ethyl adjacent to an activating group) is 1. The van der Waals surface area contributed by atoms with Crippen molar-refractivity contribution in [3.63, 3.8) is 0 Å². The highest BCUT2D eigenvalue weighted by Gasteiger charge is 2.31. The van der Waals surface area contributed by atoms with Crippen molar-refractivity contribution in [2.75, 3.05) is 31.1 Å². The molecular weight excluding hydrogens is 270 g/mol. The minimum atomic E-state index is -0.928. The van der Waals surface area contributed by atoms with Crippen LogP contribution >= 0.6 is 11.8 Å². The zero-order valence-corrected chi connectivity index (χ0v) is 11.7. The van der Waals surface area contributed by atoms with Gasteiger partial charge in [0.25, 0.3) is 0 Å². The van der Waals surface area contributed by atoms with E-state index in [2.05, 4.69) is 0 Å². The maximum absolute atomic E-state index is 12.3. The lowest BCUT2D eigenvalue weighted by Crippen LogP contribution is -2.53. The highest BCUT2D eigenvalue weighted by atomic mass is 32.2. The Morgan fingerprint density at radius 3 is 2.68 bits per heavy atom. The van der Waals surface area contributed by atoms with E-state index < -0.39 is 11.9 Å². The van der Waals surface area contributed by atoms with E-state index in [0.717, 1.165) is 5.75 Å². The van der Waals surface area contributed by atoms with Gasteiger partial charge < -0.3 is 20.6 Å². The molecule has 3 N–H and O–H groups in total. The van der Waals surface area contributed by atoms with Gasteiger partial charge in [-0.25, -0.2) is 4.79 Å². The molecule has 0 aliphatic carbocycles. The number of hydrogen-bond donors (Lipinski definition) is 2. The van der Waals surface area contributed by atoms with Crippen LogP contribution in [-0.4, -0.2) is 70.0 Å². The monoisotopic (exact) mass is 289 g/mol. The number of primary amides is 1. The molecule has 1 aliphatic heterocycles. The van der Waals surface area contributed by atoms with Crippen molar-refractivity contribution in [1.29, 1.82) is 0 Å². The Morgan fingerprint density at radius 2 is 2.16 bits per heavy atom. The molecule has 0 radical (unpaired) electrons. The number of nitrogens with zero attached hydrogens (tertiary/aromatic N) is 2. The smallest absolute Gasteiger partial charge is 0.320 e. The molecule has 3 amide bonds. The van der Waals surface area contributed by atoms with Crippen molar-refractivity contribution in [1.82, 2.24) is 9.80 Å². The first-order valence-electron chi connectivity index (χ1n) is 6.09. The van der Waals surface area contributed by atoms with Crippen molar-refractivity contribution in [3.05, 3.63) is 0 Å². The van der Waals surface area contributed by atoms with E-state index in [1.807, 2.05) is 0 Å². The number of rotatable bonds is 5. The summed E-state index contributed by atoms with van der Waals surface area (Å²) in [6, 6.07) is -0.640. The van der Waals surface area contributed by atoms with Gasteiger partial charge in [0.1, 0.15) is 6.54 Å². The Morgan fingerprint density at radius 1 is 1.47 bits per heavy atom. The van der Waals surface area contributed by atoms with Crippen LogP contribution < -0.4 is 5.73 Å². The van der Waals surface area contributed by atoms with Gasteiger partial charge in [-0.15, -0.1) is 0 Å². The zero-order valence-electron chi connectivity index (χ0n) is 10.9. The molecular formula is C11H19N3O4S. The van der Waals surface area contributed by atoms with Crippen molar-refractivity contribution in [3.8, 4) is 0 Å². The molecule has 1 heterocycles. The molecule has 1 aliphatic rings. The third-order valence-electron chi connectivity index (χ3n) is 2.88. The van der Waals surface area contributed by atoms with Gasteiger partial charge in [0.05, 0.1) is 12.5 Å². The number of hydrogen-bond acceptors (Lipinski definition) is 4. The average Bonchev–Trinajstić information content (AvgIpc) is 2.35. The van der Waals surface area contributed by atoms with Crippen molar-refractivity contribution in [2.45, 2.75) is 19.4 Å². The summed E-state index contributed by atoms with van der Waals surface area (Å²) in [5.74, 6) is -0.123. The Balaban J connectivity index is 2.74. The Bertz CT molecular complexity index is 364. The molecule has 1 fully saturated rings. The third-order valence-corrected chi connectivity index (χ3v) is 3.97. The summed E-state index contributed by atoms with van der Waals surface area (Å²) >= 11 is 1.63. The minimum absolute atomic E-state index is 0.0765. The summed E-state index contributed by atoms with van der Waals surface area (Å²) in [6.45, 7) is 2.48. The second-order valence-corrected chi connectivity index (χ2v) is 5.43. The molecule has 8 heteroatoms. The van der Waals surface area contributed by atoms with Gasteiger partial charge in [0, 0.05) is 24.6 Å². The Hall–Kier alpha value is -1.44. The standard InChI is InChI=1S/C11H19N3O4S/c1-2-13(6-9(12)15)11(18)14-3-4-19-7-8(14)5-10(16)17/h8H,2-7H2,1H3,(H2,12,15)(H,16,17). The van der Waals surface area contributed by atoms with Crippen LogP contribution in [0.5, 0.6) is 0 Å². The lowest BCUT2D eigenvalue weighted by molar-refractivity contribution is -0.138. The van der Waals surface area contributed by atoms with Gasteiger partial charge in [0.15, 0.2) is 0 Å². The number of carbonyl (C=O) groups excluding carboxylic acids is 2. The summed E-state index contributed by atoms with van der Waals surface area (Å²) in [4.78, 5) is 36.9. The number of carboxylic acid groups (broad SMARTS) is 1. The van der Waals surface area contributed by atoms with E-state index in [0.29, 0.717) is 18.8 Å². The van der Waals surface area contributed by atoms with E-state index in [1.165, 1.54) is 9.80 Å². The maximum atomic E-state index is 12.3. The molecule has 0 aromatic heterocycles. The molecule has 1 unspecified atom stereocenters. The molecule has 0 spiro atoms. The summed E-state index contributed by atoms with van der Waals surface area (Å²) in [5, 5.41) is 8.87. The van der Waals surface area contributed by atoms with Crippen LogP contribution in [-0.2, 0) is 9.59 Å². The van der Waals surface area contributed by atoms with Crippen LogP contribution in [0.1, 0.15) is 13.3 Å². The lowest BCUT2D eigenvalue weighted by Gasteiger charge is -2.37. The first-order valence-corrected chi connectivity index (χ1v) is 7.24. The van der Waals surface area contributed by atoms with Crippen LogP contribution in [0.25, 0.3) is 0 Å². The van der Waals surface area contributed by atoms with Gasteiger partial charge in [0.2, 0.25) is 5.91 Å². The van der Waals surface area contributed by atoms with Crippen LogP contribution in [0.4, 0.5) is 4.79 Å². The predicted octanol–water partition coefficient (Wildman–Crippen LogP) is -0.194. The second kappa shape index (κ2) is 7.22. The highest BCUT2D eigenvalue weighted by molar-refractivity contribution is 7.99. The van der Waals surface area contributed by atoms with Crippen molar-refractivity contribution < 1.29 is 19.5 Å². The molecule has 108 valence electrons. The SMILES string of the molecule is CCN(CC(N)=O)C(=O)N1CCSCC1CC(=O)O. The molecule has 0 saturated carbocycles. The largest absolute Gasteiger partial charge is 0.481 e. The van der Waals surface area contributed by atoms with Crippen LogP contribution in [0.15, 0.2) is 0 Å². The second-order valence-electron chi connectivity index (χ2n) is 4.28. The molecule has 1 rings (SSSR count). The van der Waals surface area contributed by atoms with Gasteiger partial charge in [-0.2, -0.15) is 11.8 Å². The highest BCUT2D eigenvalue weighted by Crippen LogP contribution is 2.20. The zero-order chi connectivity index (χ0) is 14.4. The van der Waals surface area contributed by atoms with Gasteiger partial charge >= 0.3 is 12.0 Å². The minimum Gasteiger partial charge on any atom is -0.481 e. The number of nitrogens with two attached hydrogens (primary N) is 1. The molecule has 7 nitrogen and oxygen atoms in total. The summed E-state index contributed by atoms with van der Waals surface area (Å²) in [7, 11) is 0. The fraction of sp³-hybridized carbons (Fsp3) is 0.727. The molecule has 0 aromatic carbocycles. The third kappa shape index (κ3) is 4.62. The fourth-order valence-electron chi connectivity index (χ4n) is 1.96. The number of urea groups is 1. The normalized spacial score (nSPS) is 19.0. The molecule has 19 heavy (non-hydrogen) atoms. The number of carbonyl (C=O) groups is 3. The van der Waals surface area contributed by atoms with E-state index in [1.54, 1.807) is 18.7 Å². The van der Waals surface area contributed by atoms with Crippen molar-refractivity contribution in [2.24, 2.45) is 5.73 Å². The Kier molecular flexibility index (Phi) is 5.94. The van der Waals surface area contributed by atoms with Crippen LogP contribution in [0.3, 0.4) is 0 Å². The van der Waals surface area contributed by atoms with Crippen molar-refractivity contribution >= 4 is 29.7 Å². The quantitative estimate of drug-likeness (QED) is 0.730. The van der Waals surface area contributed by atoms with E-state index >= 15 is 0 Å². The van der Waals surface area contributed by atoms with Crippen LogP contribution in [0, 0.1) is 0 Å². The van der Waals surface area contributed by atoms with E-state index in [4.69, 9.17) is 10.8 Å². The van der Waals surface area contributed by atoms with Gasteiger partial charge in [-0.3, -0.25) is 9.59 Å². The fourth-order valence-corrected chi connectivity index (χ4v) is 3.02. The van der Waals surface area contributed by atoms with Gasteiger partial charge in [-0.05, 0) is 6.92 Å².